The number of hydrogen-bond donors (Lipinski definition) is 2. The Morgan fingerprint density at radius 1 is 0.862 bits per heavy atom. The third-order valence-corrected chi connectivity index (χ3v) is 5.10. The summed E-state index contributed by atoms with van der Waals surface area (Å²) in [6.07, 6.45) is 3.18. The Hall–Kier alpha value is -3.15. The number of carbonyl (C=O) groups is 3. The van der Waals surface area contributed by atoms with Gasteiger partial charge in [-0.15, -0.1) is 0 Å². The molecule has 1 heterocycles. The summed E-state index contributed by atoms with van der Waals surface area (Å²) in [6, 6.07) is 14.4. The van der Waals surface area contributed by atoms with E-state index in [2.05, 4.69) is 17.6 Å². The number of Topliss-reactive ketones (excluding diaryl/α,β-unsaturated/α-hetero) is 1. The van der Waals surface area contributed by atoms with Crippen molar-refractivity contribution in [2.75, 3.05) is 23.7 Å². The number of hydrogen-bond acceptors (Lipinski definition) is 3. The highest BCUT2D eigenvalue weighted by Crippen LogP contribution is 2.22. The van der Waals surface area contributed by atoms with Gasteiger partial charge in [0.1, 0.15) is 0 Å². The number of nitrogens with one attached hydrogen (secondary N) is 2. The van der Waals surface area contributed by atoms with Crippen molar-refractivity contribution in [2.24, 2.45) is 0 Å². The molecule has 3 amide bonds. The molecule has 1 fully saturated rings. The second-order valence-electron chi connectivity index (χ2n) is 7.19. The van der Waals surface area contributed by atoms with E-state index in [4.69, 9.17) is 0 Å². The minimum absolute atomic E-state index is 0.0570. The monoisotopic (exact) mass is 393 g/mol. The van der Waals surface area contributed by atoms with Crippen molar-refractivity contribution in [3.8, 4) is 0 Å². The molecule has 1 aliphatic heterocycles. The van der Waals surface area contributed by atoms with Crippen molar-refractivity contribution >= 4 is 29.1 Å². The molecule has 6 heteroatoms. The molecule has 29 heavy (non-hydrogen) atoms. The molecule has 0 atom stereocenters. The SMILES string of the molecule is CCc1ccc(C(=O)CCC(=O)Nc2ccccc2NC(=O)N2CCCC2)cc1. The van der Waals surface area contributed by atoms with Crippen molar-refractivity contribution in [1.82, 2.24) is 4.90 Å². The van der Waals surface area contributed by atoms with Gasteiger partial charge in [-0.05, 0) is 37.0 Å². The maximum Gasteiger partial charge on any atom is 0.321 e. The molecule has 0 radical (unpaired) electrons. The summed E-state index contributed by atoms with van der Waals surface area (Å²) < 4.78 is 0. The molecule has 0 bridgehead atoms. The van der Waals surface area contributed by atoms with Crippen LogP contribution in [0.4, 0.5) is 16.2 Å². The van der Waals surface area contributed by atoms with Crippen molar-refractivity contribution < 1.29 is 14.4 Å². The molecule has 6 nitrogen and oxygen atoms in total. The van der Waals surface area contributed by atoms with Crippen LogP contribution in [0.25, 0.3) is 0 Å². The topological polar surface area (TPSA) is 78.5 Å². The third kappa shape index (κ3) is 5.67. The molecule has 152 valence electrons. The lowest BCUT2D eigenvalue weighted by atomic mass is 10.0. The number of carbonyl (C=O) groups excluding carboxylic acids is 3. The van der Waals surface area contributed by atoms with Gasteiger partial charge in [0.25, 0.3) is 0 Å². The van der Waals surface area contributed by atoms with E-state index in [1.807, 2.05) is 24.3 Å². The van der Waals surface area contributed by atoms with E-state index in [1.165, 1.54) is 5.56 Å². The maximum absolute atomic E-state index is 12.4. The van der Waals surface area contributed by atoms with E-state index in [1.54, 1.807) is 29.2 Å². The van der Waals surface area contributed by atoms with Gasteiger partial charge in [-0.2, -0.15) is 0 Å². The van der Waals surface area contributed by atoms with Crippen LogP contribution in [0.3, 0.4) is 0 Å². The normalized spacial score (nSPS) is 13.2. The number of amides is 3. The summed E-state index contributed by atoms with van der Waals surface area (Å²) in [5.41, 5.74) is 2.88. The van der Waals surface area contributed by atoms with Crippen LogP contribution in [0.2, 0.25) is 0 Å². The van der Waals surface area contributed by atoms with E-state index in [0.29, 0.717) is 16.9 Å². The molecule has 3 rings (SSSR count). The Morgan fingerprint density at radius 2 is 1.48 bits per heavy atom. The molecule has 0 aliphatic carbocycles. The van der Waals surface area contributed by atoms with E-state index < -0.39 is 0 Å². The summed E-state index contributed by atoms with van der Waals surface area (Å²) in [5, 5.41) is 5.67. The van der Waals surface area contributed by atoms with Gasteiger partial charge in [0.15, 0.2) is 5.78 Å². The maximum atomic E-state index is 12.4. The Morgan fingerprint density at radius 3 is 2.10 bits per heavy atom. The number of benzene rings is 2. The van der Waals surface area contributed by atoms with Crippen LogP contribution >= 0.6 is 0 Å². The van der Waals surface area contributed by atoms with Gasteiger partial charge < -0.3 is 15.5 Å². The van der Waals surface area contributed by atoms with Gasteiger partial charge in [0.05, 0.1) is 11.4 Å². The Bertz CT molecular complexity index is 871. The molecule has 0 unspecified atom stereocenters. The van der Waals surface area contributed by atoms with Gasteiger partial charge in [-0.25, -0.2) is 4.79 Å². The van der Waals surface area contributed by atoms with E-state index in [0.717, 1.165) is 32.4 Å². The van der Waals surface area contributed by atoms with Gasteiger partial charge in [-0.3, -0.25) is 9.59 Å². The Labute approximate surface area is 171 Å². The molecule has 2 aromatic rings. The average Bonchev–Trinajstić information content (AvgIpc) is 3.28. The fraction of sp³-hybridized carbons (Fsp3) is 0.348. The van der Waals surface area contributed by atoms with E-state index in [-0.39, 0.29) is 30.6 Å². The van der Waals surface area contributed by atoms with Gasteiger partial charge in [0.2, 0.25) is 5.91 Å². The molecule has 1 aliphatic rings. The van der Waals surface area contributed by atoms with Crippen LogP contribution in [-0.4, -0.2) is 35.7 Å². The zero-order valence-electron chi connectivity index (χ0n) is 16.7. The van der Waals surface area contributed by atoms with Crippen LogP contribution in [0.5, 0.6) is 0 Å². The highest BCUT2D eigenvalue weighted by Gasteiger charge is 2.19. The number of ketones is 1. The van der Waals surface area contributed by atoms with E-state index in [9.17, 15) is 14.4 Å². The minimum Gasteiger partial charge on any atom is -0.325 e. The number of anilines is 2. The zero-order chi connectivity index (χ0) is 20.6. The molecular formula is C23H27N3O3. The summed E-state index contributed by atoms with van der Waals surface area (Å²) in [4.78, 5) is 38.8. The first kappa shape index (κ1) is 20.6. The molecular weight excluding hydrogens is 366 g/mol. The van der Waals surface area contributed by atoms with Crippen molar-refractivity contribution in [3.63, 3.8) is 0 Å². The van der Waals surface area contributed by atoms with Gasteiger partial charge >= 0.3 is 6.03 Å². The first-order chi connectivity index (χ1) is 14.1. The first-order valence-electron chi connectivity index (χ1n) is 10.1. The standard InChI is InChI=1S/C23H27N3O3/c1-2-17-9-11-18(12-10-17)21(27)13-14-22(28)24-19-7-3-4-8-20(19)25-23(29)26-15-5-6-16-26/h3-4,7-12H,2,5-6,13-16H2,1H3,(H,24,28)(H,25,29). The van der Waals surface area contributed by atoms with Crippen LogP contribution in [0, 0.1) is 0 Å². The molecule has 0 spiro atoms. The summed E-state index contributed by atoms with van der Waals surface area (Å²) in [5.74, 6) is -0.315. The van der Waals surface area contributed by atoms with E-state index >= 15 is 0 Å². The summed E-state index contributed by atoms with van der Waals surface area (Å²) in [6.45, 7) is 3.57. The molecule has 1 saturated heterocycles. The Kier molecular flexibility index (Phi) is 7.00. The van der Waals surface area contributed by atoms with Crippen LogP contribution < -0.4 is 10.6 Å². The molecule has 0 saturated carbocycles. The summed E-state index contributed by atoms with van der Waals surface area (Å²) in [7, 11) is 0. The smallest absolute Gasteiger partial charge is 0.321 e. The van der Waals surface area contributed by atoms with Crippen LogP contribution in [0.15, 0.2) is 48.5 Å². The van der Waals surface area contributed by atoms with Gasteiger partial charge in [-0.1, -0.05) is 43.3 Å². The number of likely N-dealkylation sites (tertiary alicyclic amines) is 1. The van der Waals surface area contributed by atoms with Crippen molar-refractivity contribution in [2.45, 2.75) is 39.0 Å². The molecule has 2 N–H and O–H groups in total. The lowest BCUT2D eigenvalue weighted by Gasteiger charge is -2.18. The number of aryl methyl sites for hydroxylation is 1. The number of nitrogens with zero attached hydrogens (tertiary/aromatic N) is 1. The predicted octanol–water partition coefficient (Wildman–Crippen LogP) is 4.48. The van der Waals surface area contributed by atoms with Crippen LogP contribution in [0.1, 0.15) is 48.5 Å². The molecule has 2 aromatic carbocycles. The zero-order valence-corrected chi connectivity index (χ0v) is 16.7. The lowest BCUT2D eigenvalue weighted by molar-refractivity contribution is -0.116. The van der Waals surface area contributed by atoms with Gasteiger partial charge in [0, 0.05) is 31.5 Å². The lowest BCUT2D eigenvalue weighted by Crippen LogP contribution is -2.32. The van der Waals surface area contributed by atoms with Crippen molar-refractivity contribution in [1.29, 1.82) is 0 Å². The fourth-order valence-corrected chi connectivity index (χ4v) is 3.33. The predicted molar refractivity (Wildman–Crippen MR) is 114 cm³/mol. The minimum atomic E-state index is -0.258. The highest BCUT2D eigenvalue weighted by molar-refractivity contribution is 6.02. The molecule has 0 aromatic heterocycles. The quantitative estimate of drug-likeness (QED) is 0.681. The average molecular weight is 393 g/mol. The number of rotatable bonds is 7. The van der Waals surface area contributed by atoms with Crippen LogP contribution in [-0.2, 0) is 11.2 Å². The number of para-hydroxylation sites is 2. The summed E-state index contributed by atoms with van der Waals surface area (Å²) >= 11 is 0. The second-order valence-corrected chi connectivity index (χ2v) is 7.19. The largest absolute Gasteiger partial charge is 0.325 e. The Balaban J connectivity index is 1.54. The number of urea groups is 1. The first-order valence-corrected chi connectivity index (χ1v) is 10.1. The third-order valence-electron chi connectivity index (χ3n) is 5.10. The fourth-order valence-electron chi connectivity index (χ4n) is 3.33. The highest BCUT2D eigenvalue weighted by atomic mass is 16.2. The second kappa shape index (κ2) is 9.87. The van der Waals surface area contributed by atoms with Crippen molar-refractivity contribution in [3.05, 3.63) is 59.7 Å².